The van der Waals surface area contributed by atoms with E-state index in [9.17, 15) is 9.59 Å². The van der Waals surface area contributed by atoms with Gasteiger partial charge in [-0.3, -0.25) is 4.79 Å². The number of hydrogen-bond acceptors (Lipinski definition) is 2. The molecule has 0 atom stereocenters. The molecule has 0 aromatic heterocycles. The topological polar surface area (TPSA) is 69.6 Å². The van der Waals surface area contributed by atoms with Crippen LogP contribution < -0.4 is 5.32 Å². The molecule has 0 aliphatic heterocycles. The Labute approximate surface area is 109 Å². The van der Waals surface area contributed by atoms with Crippen LogP contribution in [0.15, 0.2) is 0 Å². The van der Waals surface area contributed by atoms with Crippen LogP contribution in [-0.4, -0.2) is 40.1 Å². The quantitative estimate of drug-likeness (QED) is 0.733. The third-order valence-corrected chi connectivity index (χ3v) is 3.04. The summed E-state index contributed by atoms with van der Waals surface area (Å²) in [6, 6.07) is 0.231. The molecule has 1 fully saturated rings. The van der Waals surface area contributed by atoms with E-state index in [1.165, 1.54) is 0 Å². The van der Waals surface area contributed by atoms with E-state index in [1.807, 2.05) is 4.90 Å². The molecule has 0 aromatic carbocycles. The van der Waals surface area contributed by atoms with Gasteiger partial charge in [0.2, 0.25) is 0 Å². The summed E-state index contributed by atoms with van der Waals surface area (Å²) in [7, 11) is 0. The molecule has 0 saturated heterocycles. The van der Waals surface area contributed by atoms with Gasteiger partial charge in [-0.15, -0.1) is 0 Å². The average molecular weight is 256 g/mol. The van der Waals surface area contributed by atoms with Gasteiger partial charge in [-0.25, -0.2) is 4.79 Å². The Morgan fingerprint density at radius 1 is 1.39 bits per heavy atom. The summed E-state index contributed by atoms with van der Waals surface area (Å²) in [4.78, 5) is 24.7. The molecule has 0 radical (unpaired) electrons. The number of amides is 2. The maximum absolute atomic E-state index is 12.1. The van der Waals surface area contributed by atoms with E-state index in [2.05, 4.69) is 12.2 Å². The molecule has 2 N–H and O–H groups in total. The van der Waals surface area contributed by atoms with E-state index in [0.29, 0.717) is 6.04 Å². The van der Waals surface area contributed by atoms with Crippen LogP contribution in [0.2, 0.25) is 0 Å². The molecule has 0 bridgehead atoms. The summed E-state index contributed by atoms with van der Waals surface area (Å²) in [5.74, 6) is -0.896. The van der Waals surface area contributed by atoms with E-state index in [-0.39, 0.29) is 12.5 Å². The fourth-order valence-corrected chi connectivity index (χ4v) is 1.95. The maximum atomic E-state index is 12.1. The van der Waals surface area contributed by atoms with Crippen LogP contribution in [0.5, 0.6) is 0 Å². The Hall–Kier alpha value is -1.26. The molecule has 1 rings (SSSR count). The molecule has 1 aliphatic carbocycles. The van der Waals surface area contributed by atoms with Crippen molar-refractivity contribution in [3.63, 3.8) is 0 Å². The zero-order valence-corrected chi connectivity index (χ0v) is 11.5. The van der Waals surface area contributed by atoms with Gasteiger partial charge in [0.1, 0.15) is 0 Å². The molecule has 0 aromatic rings. The normalized spacial score (nSPS) is 15.3. The van der Waals surface area contributed by atoms with Gasteiger partial charge >= 0.3 is 12.0 Å². The first-order valence-electron chi connectivity index (χ1n) is 6.66. The second-order valence-electron chi connectivity index (χ2n) is 5.66. The van der Waals surface area contributed by atoms with Gasteiger partial charge in [0.25, 0.3) is 0 Å². The Bertz CT molecular complexity index is 311. The van der Waals surface area contributed by atoms with Gasteiger partial charge in [0.05, 0.1) is 6.42 Å². The highest BCUT2D eigenvalue weighted by Gasteiger charge is 2.34. The van der Waals surface area contributed by atoms with Crippen LogP contribution in [0.1, 0.15) is 52.9 Å². The van der Waals surface area contributed by atoms with Gasteiger partial charge in [0, 0.05) is 18.1 Å². The highest BCUT2D eigenvalue weighted by molar-refractivity contribution is 5.77. The summed E-state index contributed by atoms with van der Waals surface area (Å²) in [5, 5.41) is 11.6. The second kappa shape index (κ2) is 6.07. The molecule has 2 amide bonds. The number of carboxylic acid groups (broad SMARTS) is 1. The number of carbonyl (C=O) groups excluding carboxylic acids is 1. The summed E-state index contributed by atoms with van der Waals surface area (Å²) in [6.45, 7) is 6.33. The van der Waals surface area contributed by atoms with Crippen molar-refractivity contribution in [2.45, 2.75) is 64.5 Å². The van der Waals surface area contributed by atoms with Gasteiger partial charge in [-0.1, -0.05) is 13.3 Å². The first-order valence-corrected chi connectivity index (χ1v) is 6.66. The third-order valence-electron chi connectivity index (χ3n) is 3.04. The second-order valence-corrected chi connectivity index (χ2v) is 5.66. The van der Waals surface area contributed by atoms with E-state index in [0.717, 1.165) is 32.2 Å². The molecule has 5 heteroatoms. The maximum Gasteiger partial charge on any atom is 0.318 e. The standard InChI is InChI=1S/C13H24N2O3/c1-4-5-8-15(10-6-7-10)12(18)14-13(2,3)9-11(16)17/h10H,4-9H2,1-3H3,(H,14,18)(H,16,17). The molecular weight excluding hydrogens is 232 g/mol. The molecule has 104 valence electrons. The first-order chi connectivity index (χ1) is 8.35. The van der Waals surface area contributed by atoms with Crippen molar-refractivity contribution >= 4 is 12.0 Å². The summed E-state index contributed by atoms with van der Waals surface area (Å²) in [6.07, 6.45) is 4.11. The summed E-state index contributed by atoms with van der Waals surface area (Å²) in [5.41, 5.74) is -0.706. The SMILES string of the molecule is CCCCN(C(=O)NC(C)(C)CC(=O)O)C1CC1. The van der Waals surface area contributed by atoms with Crippen LogP contribution in [0.4, 0.5) is 4.79 Å². The zero-order chi connectivity index (χ0) is 13.8. The Balaban J connectivity index is 2.52. The monoisotopic (exact) mass is 256 g/mol. The number of urea groups is 1. The van der Waals surface area contributed by atoms with E-state index in [1.54, 1.807) is 13.8 Å². The lowest BCUT2D eigenvalue weighted by atomic mass is 10.0. The number of hydrogen-bond donors (Lipinski definition) is 2. The number of nitrogens with one attached hydrogen (secondary N) is 1. The van der Waals surface area contributed by atoms with Crippen molar-refractivity contribution in [2.75, 3.05) is 6.54 Å². The summed E-state index contributed by atoms with van der Waals surface area (Å²) < 4.78 is 0. The van der Waals surface area contributed by atoms with Crippen molar-refractivity contribution in [1.82, 2.24) is 10.2 Å². The Morgan fingerprint density at radius 3 is 2.44 bits per heavy atom. The van der Waals surface area contributed by atoms with Gasteiger partial charge in [0.15, 0.2) is 0 Å². The van der Waals surface area contributed by atoms with E-state index >= 15 is 0 Å². The number of nitrogens with zero attached hydrogens (tertiary/aromatic N) is 1. The van der Waals surface area contributed by atoms with Crippen LogP contribution in [0, 0.1) is 0 Å². The molecule has 0 unspecified atom stereocenters. The smallest absolute Gasteiger partial charge is 0.318 e. The number of aliphatic carboxylic acids is 1. The fraction of sp³-hybridized carbons (Fsp3) is 0.846. The third kappa shape index (κ3) is 4.94. The van der Waals surface area contributed by atoms with Crippen molar-refractivity contribution in [3.8, 4) is 0 Å². The van der Waals surface area contributed by atoms with Gasteiger partial charge in [-0.2, -0.15) is 0 Å². The van der Waals surface area contributed by atoms with Crippen LogP contribution in [-0.2, 0) is 4.79 Å². The predicted molar refractivity (Wildman–Crippen MR) is 69.5 cm³/mol. The molecule has 0 heterocycles. The lowest BCUT2D eigenvalue weighted by molar-refractivity contribution is -0.138. The van der Waals surface area contributed by atoms with Crippen molar-refractivity contribution in [2.24, 2.45) is 0 Å². The molecular formula is C13H24N2O3. The van der Waals surface area contributed by atoms with Crippen molar-refractivity contribution < 1.29 is 14.7 Å². The zero-order valence-electron chi connectivity index (χ0n) is 11.5. The average Bonchev–Trinajstić information content (AvgIpc) is 2.99. The minimum Gasteiger partial charge on any atom is -0.481 e. The summed E-state index contributed by atoms with van der Waals surface area (Å²) >= 11 is 0. The predicted octanol–water partition coefficient (Wildman–Crippen LogP) is 2.21. The van der Waals surface area contributed by atoms with E-state index < -0.39 is 11.5 Å². The molecule has 1 aliphatic rings. The van der Waals surface area contributed by atoms with Crippen LogP contribution in [0.25, 0.3) is 0 Å². The minimum atomic E-state index is -0.896. The highest BCUT2D eigenvalue weighted by atomic mass is 16.4. The van der Waals surface area contributed by atoms with Gasteiger partial charge < -0.3 is 15.3 Å². The Morgan fingerprint density at radius 2 is 2.00 bits per heavy atom. The first kappa shape index (κ1) is 14.8. The van der Waals surface area contributed by atoms with Crippen LogP contribution >= 0.6 is 0 Å². The van der Waals surface area contributed by atoms with Crippen molar-refractivity contribution in [3.05, 3.63) is 0 Å². The lowest BCUT2D eigenvalue weighted by Crippen LogP contribution is -2.51. The number of rotatable bonds is 7. The van der Waals surface area contributed by atoms with Gasteiger partial charge in [-0.05, 0) is 33.1 Å². The molecule has 18 heavy (non-hydrogen) atoms. The lowest BCUT2D eigenvalue weighted by Gasteiger charge is -2.30. The van der Waals surface area contributed by atoms with Crippen LogP contribution in [0.3, 0.4) is 0 Å². The molecule has 1 saturated carbocycles. The minimum absolute atomic E-state index is 0.0645. The largest absolute Gasteiger partial charge is 0.481 e. The molecule has 0 spiro atoms. The molecule has 5 nitrogen and oxygen atoms in total. The van der Waals surface area contributed by atoms with E-state index in [4.69, 9.17) is 5.11 Å². The van der Waals surface area contributed by atoms with Crippen molar-refractivity contribution in [1.29, 1.82) is 0 Å². The Kier molecular flexibility index (Phi) is 4.99. The number of unbranched alkanes of at least 4 members (excludes halogenated alkanes) is 1. The number of carbonyl (C=O) groups is 2. The highest BCUT2D eigenvalue weighted by Crippen LogP contribution is 2.27. The fourth-order valence-electron chi connectivity index (χ4n) is 1.95. The number of carboxylic acids is 1.